The number of hydroxylamine groups is 2. The molecule has 4 heterocycles. The second kappa shape index (κ2) is 17.1. The molecule has 0 atom stereocenters. The van der Waals surface area contributed by atoms with Crippen molar-refractivity contribution in [3.05, 3.63) is 185 Å². The summed E-state index contributed by atoms with van der Waals surface area (Å²) in [5, 5.41) is 2.04. The van der Waals surface area contributed by atoms with Crippen LogP contribution in [-0.2, 0) is 24.3 Å². The fourth-order valence-electron chi connectivity index (χ4n) is 5.99. The lowest BCUT2D eigenvalue weighted by atomic mass is 10.0. The van der Waals surface area contributed by atoms with E-state index in [1.54, 1.807) is 42.7 Å². The van der Waals surface area contributed by atoms with Gasteiger partial charge in [-0.3, -0.25) is 24.0 Å². The molecule has 0 saturated heterocycles. The maximum atomic E-state index is 13.1. The van der Waals surface area contributed by atoms with Crippen molar-refractivity contribution in [2.45, 2.75) is 26.4 Å². The minimum atomic E-state index is -0.491. The van der Waals surface area contributed by atoms with Gasteiger partial charge in [-0.1, -0.05) is 67.6 Å². The SMILES string of the molecule is CCc1ccc(C(=O)c2cn(Cc3cccc(Br)n3)c3ccccc3c2=O)cc1.CON(C)C(=O)c1cn(Cc2cccc(Br)n2)c2ccccc2c1=O. The molecule has 7 aromatic rings. The summed E-state index contributed by atoms with van der Waals surface area (Å²) in [6.07, 6.45) is 4.12. The van der Waals surface area contributed by atoms with E-state index in [4.69, 9.17) is 4.84 Å². The molecule has 54 heavy (non-hydrogen) atoms. The van der Waals surface area contributed by atoms with Crippen LogP contribution in [0.1, 0.15) is 50.2 Å². The summed E-state index contributed by atoms with van der Waals surface area (Å²) in [7, 11) is 2.85. The molecule has 0 bridgehead atoms. The number of nitrogens with zero attached hydrogens (tertiary/aromatic N) is 5. The number of para-hydroxylation sites is 2. The number of pyridine rings is 4. The Morgan fingerprint density at radius 1 is 0.667 bits per heavy atom. The van der Waals surface area contributed by atoms with Crippen molar-refractivity contribution in [1.82, 2.24) is 24.2 Å². The van der Waals surface area contributed by atoms with Crippen molar-refractivity contribution in [2.24, 2.45) is 0 Å². The molecule has 0 saturated carbocycles. The van der Waals surface area contributed by atoms with Gasteiger partial charge in [-0.05, 0) is 92.4 Å². The van der Waals surface area contributed by atoms with Crippen LogP contribution in [0.3, 0.4) is 0 Å². The van der Waals surface area contributed by atoms with Crippen molar-refractivity contribution >= 4 is 65.4 Å². The zero-order chi connectivity index (χ0) is 38.4. The highest BCUT2D eigenvalue weighted by Gasteiger charge is 2.20. The number of carbonyl (C=O) groups excluding carboxylic acids is 2. The van der Waals surface area contributed by atoms with Crippen molar-refractivity contribution in [2.75, 3.05) is 14.2 Å². The maximum Gasteiger partial charge on any atom is 0.282 e. The molecular weight excluding hydrogens is 814 g/mol. The van der Waals surface area contributed by atoms with Gasteiger partial charge in [0.1, 0.15) is 14.8 Å². The van der Waals surface area contributed by atoms with Gasteiger partial charge in [-0.2, -0.15) is 0 Å². The third kappa shape index (κ3) is 8.46. The standard InChI is InChI=1S/C24H19BrN2O2.C18H16BrN3O3/c1-2-16-10-12-17(13-11-16)23(28)20-15-27(14-18-6-5-9-22(25)26-18)21-8-4-3-7-19(21)24(20)29;1-21(25-2)18(24)14-11-22(10-12-6-5-9-16(19)20-12)15-8-4-3-7-13(15)17(14)23/h3-13,15H,2,14H2,1H3;3-9,11H,10H2,1-2H3. The van der Waals surface area contributed by atoms with Crippen LogP contribution in [0.15, 0.2) is 140 Å². The van der Waals surface area contributed by atoms with Gasteiger partial charge in [0.2, 0.25) is 10.9 Å². The van der Waals surface area contributed by atoms with Crippen molar-refractivity contribution in [3.8, 4) is 0 Å². The van der Waals surface area contributed by atoms with Crippen molar-refractivity contribution in [1.29, 1.82) is 0 Å². The summed E-state index contributed by atoms with van der Waals surface area (Å²) in [5.74, 6) is -0.756. The van der Waals surface area contributed by atoms with Crippen LogP contribution in [0, 0.1) is 0 Å². The molecule has 0 aliphatic heterocycles. The number of aryl methyl sites for hydroxylation is 1. The number of halogens is 2. The van der Waals surface area contributed by atoms with E-state index in [0.29, 0.717) is 29.4 Å². The molecule has 0 fully saturated rings. The topological polar surface area (TPSA) is 116 Å². The van der Waals surface area contributed by atoms with Crippen LogP contribution in [0.5, 0.6) is 0 Å². The highest BCUT2D eigenvalue weighted by molar-refractivity contribution is 9.10. The van der Waals surface area contributed by atoms with E-state index in [-0.39, 0.29) is 27.8 Å². The van der Waals surface area contributed by atoms with Gasteiger partial charge in [0.25, 0.3) is 5.91 Å². The Hall–Kier alpha value is -5.56. The molecule has 1 amide bonds. The van der Waals surface area contributed by atoms with Gasteiger partial charge in [0.05, 0.1) is 48.2 Å². The van der Waals surface area contributed by atoms with Crippen molar-refractivity contribution < 1.29 is 14.4 Å². The van der Waals surface area contributed by atoms with Gasteiger partial charge in [0, 0.05) is 35.8 Å². The zero-order valence-electron chi connectivity index (χ0n) is 29.7. The van der Waals surface area contributed by atoms with Crippen LogP contribution >= 0.6 is 31.9 Å². The molecule has 0 spiro atoms. The molecule has 0 N–H and O–H groups in total. The summed E-state index contributed by atoms with van der Waals surface area (Å²) in [6.45, 7) is 2.95. The van der Waals surface area contributed by atoms with Gasteiger partial charge in [0.15, 0.2) is 5.78 Å². The van der Waals surface area contributed by atoms with Crippen molar-refractivity contribution in [3.63, 3.8) is 0 Å². The smallest absolute Gasteiger partial charge is 0.282 e. The molecule has 272 valence electrons. The molecule has 12 heteroatoms. The summed E-state index contributed by atoms with van der Waals surface area (Å²) < 4.78 is 5.24. The number of rotatable bonds is 9. The highest BCUT2D eigenvalue weighted by Crippen LogP contribution is 2.18. The number of hydrogen-bond acceptors (Lipinski definition) is 7. The predicted octanol–water partition coefficient (Wildman–Crippen LogP) is 7.84. The third-order valence-corrected chi connectivity index (χ3v) is 9.73. The first kappa shape index (κ1) is 38.2. The van der Waals surface area contributed by atoms with Crippen LogP contribution in [0.2, 0.25) is 0 Å². The van der Waals surface area contributed by atoms with E-state index in [1.165, 1.54) is 14.2 Å². The molecule has 0 radical (unpaired) electrons. The Morgan fingerprint density at radius 3 is 1.63 bits per heavy atom. The van der Waals surface area contributed by atoms with Crippen LogP contribution in [0.25, 0.3) is 21.8 Å². The van der Waals surface area contributed by atoms with Crippen LogP contribution in [0.4, 0.5) is 0 Å². The van der Waals surface area contributed by atoms with E-state index in [1.807, 2.05) is 88.0 Å². The van der Waals surface area contributed by atoms with E-state index < -0.39 is 5.91 Å². The minimum absolute atomic E-state index is 0.0537. The quantitative estimate of drug-likeness (QED) is 0.0826. The number of aromatic nitrogens is 4. The number of hydrogen-bond donors (Lipinski definition) is 0. The van der Waals surface area contributed by atoms with Gasteiger partial charge < -0.3 is 9.13 Å². The monoisotopic (exact) mass is 847 g/mol. The van der Waals surface area contributed by atoms with E-state index in [0.717, 1.165) is 48.7 Å². The Kier molecular flexibility index (Phi) is 12.1. The third-order valence-electron chi connectivity index (χ3n) is 8.84. The number of amides is 1. The summed E-state index contributed by atoms with van der Waals surface area (Å²) in [6, 6.07) is 33.3. The first-order valence-electron chi connectivity index (χ1n) is 17.0. The molecule has 0 aliphatic rings. The minimum Gasteiger partial charge on any atom is -0.340 e. The second-order valence-corrected chi connectivity index (χ2v) is 13.9. The maximum absolute atomic E-state index is 13.1. The average Bonchev–Trinajstić information content (AvgIpc) is 3.19. The lowest BCUT2D eigenvalue weighted by molar-refractivity contribution is -0.0758. The Morgan fingerprint density at radius 2 is 1.15 bits per heavy atom. The average molecular weight is 850 g/mol. The zero-order valence-corrected chi connectivity index (χ0v) is 32.9. The Labute approximate surface area is 327 Å². The molecule has 3 aromatic carbocycles. The number of benzene rings is 3. The molecule has 0 unspecified atom stereocenters. The molecule has 4 aromatic heterocycles. The fourth-order valence-corrected chi connectivity index (χ4v) is 6.75. The number of ketones is 1. The summed E-state index contributed by atoms with van der Waals surface area (Å²) in [4.78, 5) is 65.2. The first-order valence-corrected chi connectivity index (χ1v) is 18.6. The number of carbonyl (C=O) groups is 2. The predicted molar refractivity (Wildman–Crippen MR) is 217 cm³/mol. The van der Waals surface area contributed by atoms with Gasteiger partial charge in [-0.15, -0.1) is 0 Å². The Bertz CT molecular complexity index is 2620. The van der Waals surface area contributed by atoms with Crippen LogP contribution < -0.4 is 10.9 Å². The Balaban J connectivity index is 0.000000186. The summed E-state index contributed by atoms with van der Waals surface area (Å²) in [5.41, 5.74) is 4.48. The lowest BCUT2D eigenvalue weighted by Gasteiger charge is -2.16. The van der Waals surface area contributed by atoms with Crippen LogP contribution in [-0.4, -0.2) is 50.0 Å². The summed E-state index contributed by atoms with van der Waals surface area (Å²) >= 11 is 6.75. The molecule has 7 rings (SSSR count). The van der Waals surface area contributed by atoms with Gasteiger partial charge in [-0.25, -0.2) is 15.0 Å². The first-order chi connectivity index (χ1) is 26.1. The lowest BCUT2D eigenvalue weighted by Crippen LogP contribution is -2.31. The van der Waals surface area contributed by atoms with E-state index in [9.17, 15) is 19.2 Å². The number of fused-ring (bicyclic) bond motifs is 2. The van der Waals surface area contributed by atoms with E-state index >= 15 is 0 Å². The molecular formula is C42H35Br2N5O5. The normalized spacial score (nSPS) is 10.9. The van der Waals surface area contributed by atoms with Gasteiger partial charge >= 0.3 is 0 Å². The molecule has 0 aliphatic carbocycles. The largest absolute Gasteiger partial charge is 0.340 e. The molecule has 10 nitrogen and oxygen atoms in total. The fraction of sp³-hybridized carbons (Fsp3) is 0.143. The van der Waals surface area contributed by atoms with E-state index in [2.05, 4.69) is 48.8 Å². The highest BCUT2D eigenvalue weighted by atomic mass is 79.9. The second-order valence-electron chi connectivity index (χ2n) is 12.3.